The van der Waals surface area contributed by atoms with E-state index < -0.39 is 0 Å². The van der Waals surface area contributed by atoms with Gasteiger partial charge in [-0.1, -0.05) is 48.2 Å². The van der Waals surface area contributed by atoms with E-state index in [0.717, 1.165) is 21.8 Å². The van der Waals surface area contributed by atoms with Crippen LogP contribution in [0.4, 0.5) is 5.69 Å². The monoisotopic (exact) mass is 421 g/mol. The third-order valence-corrected chi connectivity index (χ3v) is 6.31. The van der Waals surface area contributed by atoms with Crippen molar-refractivity contribution in [1.82, 2.24) is 9.55 Å². The van der Waals surface area contributed by atoms with E-state index in [4.69, 9.17) is 4.98 Å². The predicted octanol–water partition coefficient (Wildman–Crippen LogP) is 4.79. The lowest BCUT2D eigenvalue weighted by Gasteiger charge is -2.12. The Kier molecular flexibility index (Phi) is 5.51. The molecule has 4 rings (SSSR count). The molecule has 0 unspecified atom stereocenters. The third-order valence-electron chi connectivity index (χ3n) is 4.42. The van der Waals surface area contributed by atoms with Gasteiger partial charge in [0.25, 0.3) is 5.56 Å². The number of fused-ring (bicyclic) bond motifs is 1. The Labute approximate surface area is 176 Å². The summed E-state index contributed by atoms with van der Waals surface area (Å²) in [5.41, 5.74) is 2.40. The number of carbonyl (C=O) groups is 1. The number of amides is 1. The largest absolute Gasteiger partial charge is 0.325 e. The number of thioether (sulfide) groups is 1. The zero-order chi connectivity index (χ0) is 20.4. The molecule has 2 aromatic heterocycles. The number of carbonyl (C=O) groups excluding carboxylic acids is 1. The number of aromatic nitrogens is 2. The fraction of sp³-hybridized carbons (Fsp3) is 0.136. The van der Waals surface area contributed by atoms with E-state index >= 15 is 0 Å². The van der Waals surface area contributed by atoms with Crippen LogP contribution in [0.2, 0.25) is 0 Å². The highest BCUT2D eigenvalue weighted by atomic mass is 32.2. The van der Waals surface area contributed by atoms with E-state index in [1.165, 1.54) is 23.1 Å². The first-order chi connectivity index (χ1) is 14.0. The van der Waals surface area contributed by atoms with Crippen molar-refractivity contribution in [3.05, 3.63) is 81.5 Å². The number of nitrogens with zero attached hydrogens (tertiary/aromatic N) is 2. The van der Waals surface area contributed by atoms with Gasteiger partial charge in [0.15, 0.2) is 5.16 Å². The second kappa shape index (κ2) is 8.23. The second-order valence-electron chi connectivity index (χ2n) is 6.60. The molecule has 5 nitrogen and oxygen atoms in total. The van der Waals surface area contributed by atoms with Gasteiger partial charge in [0.1, 0.15) is 4.83 Å². The van der Waals surface area contributed by atoms with E-state index in [-0.39, 0.29) is 17.2 Å². The van der Waals surface area contributed by atoms with Crippen LogP contribution in [-0.2, 0) is 4.79 Å². The van der Waals surface area contributed by atoms with Crippen LogP contribution in [0.25, 0.3) is 15.9 Å². The van der Waals surface area contributed by atoms with E-state index in [1.807, 2.05) is 74.5 Å². The lowest BCUT2D eigenvalue weighted by atomic mass is 10.2. The molecule has 7 heteroatoms. The molecule has 0 fully saturated rings. The van der Waals surface area contributed by atoms with Crippen molar-refractivity contribution in [3.63, 3.8) is 0 Å². The van der Waals surface area contributed by atoms with Crippen LogP contribution in [0.1, 0.15) is 10.4 Å². The summed E-state index contributed by atoms with van der Waals surface area (Å²) < 4.78 is 1.58. The van der Waals surface area contributed by atoms with Crippen molar-refractivity contribution in [1.29, 1.82) is 0 Å². The molecule has 29 heavy (non-hydrogen) atoms. The molecule has 0 aliphatic rings. The molecular formula is C22H19N3O2S2. The average Bonchev–Trinajstić information content (AvgIpc) is 3.09. The number of anilines is 1. The van der Waals surface area contributed by atoms with Gasteiger partial charge in [-0.05, 0) is 43.7 Å². The maximum atomic E-state index is 13.2. The highest BCUT2D eigenvalue weighted by Gasteiger charge is 2.16. The number of hydrogen-bond acceptors (Lipinski definition) is 5. The molecule has 0 atom stereocenters. The fourth-order valence-corrected chi connectivity index (χ4v) is 4.75. The van der Waals surface area contributed by atoms with Crippen molar-refractivity contribution in [2.75, 3.05) is 11.1 Å². The van der Waals surface area contributed by atoms with Crippen molar-refractivity contribution < 1.29 is 4.79 Å². The molecule has 0 spiro atoms. The smallest absolute Gasteiger partial charge is 0.267 e. The molecule has 2 heterocycles. The van der Waals surface area contributed by atoms with Crippen LogP contribution in [0, 0.1) is 13.8 Å². The Balaban J connectivity index is 1.66. The standard InChI is InChI=1S/C22H19N3O2S2/c1-14-8-6-7-11-18(14)23-19(26)13-28-22-24-20-17(12-15(2)29-20)21(27)25(22)16-9-4-3-5-10-16/h3-12H,13H2,1-2H3,(H,23,26). The van der Waals surface area contributed by atoms with Gasteiger partial charge in [-0.15, -0.1) is 11.3 Å². The molecule has 2 aromatic carbocycles. The molecule has 0 radical (unpaired) electrons. The zero-order valence-electron chi connectivity index (χ0n) is 16.0. The number of hydrogen-bond donors (Lipinski definition) is 1. The van der Waals surface area contributed by atoms with Crippen LogP contribution >= 0.6 is 23.1 Å². The summed E-state index contributed by atoms with van der Waals surface area (Å²) >= 11 is 2.74. The van der Waals surface area contributed by atoms with E-state index in [0.29, 0.717) is 15.4 Å². The number of thiophene rings is 1. The average molecular weight is 422 g/mol. The minimum Gasteiger partial charge on any atom is -0.325 e. The van der Waals surface area contributed by atoms with Crippen LogP contribution < -0.4 is 10.9 Å². The van der Waals surface area contributed by atoms with E-state index in [9.17, 15) is 9.59 Å². The summed E-state index contributed by atoms with van der Waals surface area (Å²) in [6.45, 7) is 3.91. The van der Waals surface area contributed by atoms with Crippen molar-refractivity contribution in [2.24, 2.45) is 0 Å². The molecule has 146 valence electrons. The number of para-hydroxylation sites is 2. The number of benzene rings is 2. The first kappa shape index (κ1) is 19.4. The highest BCUT2D eigenvalue weighted by molar-refractivity contribution is 7.99. The summed E-state index contributed by atoms with van der Waals surface area (Å²) in [7, 11) is 0. The molecule has 1 amide bonds. The van der Waals surface area contributed by atoms with Gasteiger partial charge in [0.2, 0.25) is 5.91 Å². The summed E-state index contributed by atoms with van der Waals surface area (Å²) in [4.78, 5) is 32.1. The van der Waals surface area contributed by atoms with Gasteiger partial charge < -0.3 is 5.32 Å². The van der Waals surface area contributed by atoms with E-state index in [2.05, 4.69) is 5.32 Å². The van der Waals surface area contributed by atoms with Crippen molar-refractivity contribution in [2.45, 2.75) is 19.0 Å². The van der Waals surface area contributed by atoms with Gasteiger partial charge in [-0.25, -0.2) is 4.98 Å². The van der Waals surface area contributed by atoms with Gasteiger partial charge >= 0.3 is 0 Å². The molecule has 0 aliphatic heterocycles. The molecule has 0 bridgehead atoms. The Morgan fingerprint density at radius 1 is 1.10 bits per heavy atom. The number of nitrogens with one attached hydrogen (secondary N) is 1. The van der Waals surface area contributed by atoms with Gasteiger partial charge in [0.05, 0.1) is 16.8 Å². The lowest BCUT2D eigenvalue weighted by Crippen LogP contribution is -2.22. The summed E-state index contributed by atoms with van der Waals surface area (Å²) in [5, 5.41) is 4.03. The second-order valence-corrected chi connectivity index (χ2v) is 8.78. The SMILES string of the molecule is Cc1cc2c(=O)n(-c3ccccc3)c(SCC(=O)Nc3ccccc3C)nc2s1. The Bertz CT molecular complexity index is 1250. The van der Waals surface area contributed by atoms with Gasteiger partial charge in [0, 0.05) is 10.6 Å². The van der Waals surface area contributed by atoms with Crippen LogP contribution in [-0.4, -0.2) is 21.2 Å². The van der Waals surface area contributed by atoms with Crippen molar-refractivity contribution >= 4 is 44.9 Å². The first-order valence-corrected chi connectivity index (χ1v) is 10.9. The normalized spacial score (nSPS) is 11.0. The first-order valence-electron chi connectivity index (χ1n) is 9.10. The molecule has 4 aromatic rings. The summed E-state index contributed by atoms with van der Waals surface area (Å²) in [6, 6.07) is 18.9. The van der Waals surface area contributed by atoms with Crippen LogP contribution in [0.3, 0.4) is 0 Å². The Hall–Kier alpha value is -2.90. The molecule has 0 saturated heterocycles. The van der Waals surface area contributed by atoms with Crippen molar-refractivity contribution in [3.8, 4) is 5.69 Å². The summed E-state index contributed by atoms with van der Waals surface area (Å²) in [6.07, 6.45) is 0. The Morgan fingerprint density at radius 2 is 1.83 bits per heavy atom. The minimum atomic E-state index is -0.138. The van der Waals surface area contributed by atoms with Gasteiger partial charge in [-0.3, -0.25) is 14.2 Å². The van der Waals surface area contributed by atoms with Crippen LogP contribution in [0.5, 0.6) is 0 Å². The molecule has 0 saturated carbocycles. The maximum absolute atomic E-state index is 13.2. The molecule has 0 aliphatic carbocycles. The topological polar surface area (TPSA) is 64.0 Å². The molecular weight excluding hydrogens is 402 g/mol. The highest BCUT2D eigenvalue weighted by Crippen LogP contribution is 2.26. The molecule has 1 N–H and O–H groups in total. The van der Waals surface area contributed by atoms with Crippen LogP contribution in [0.15, 0.2) is 70.6 Å². The predicted molar refractivity (Wildman–Crippen MR) is 120 cm³/mol. The van der Waals surface area contributed by atoms with E-state index in [1.54, 1.807) is 4.57 Å². The number of rotatable bonds is 5. The lowest BCUT2D eigenvalue weighted by molar-refractivity contribution is -0.113. The minimum absolute atomic E-state index is 0.118. The van der Waals surface area contributed by atoms with Gasteiger partial charge in [-0.2, -0.15) is 0 Å². The number of aryl methyl sites for hydroxylation is 2. The summed E-state index contributed by atoms with van der Waals surface area (Å²) in [5.74, 6) is 0.0179. The quantitative estimate of drug-likeness (QED) is 0.372. The third kappa shape index (κ3) is 4.11. The maximum Gasteiger partial charge on any atom is 0.267 e. The fourth-order valence-electron chi connectivity index (χ4n) is 3.01. The zero-order valence-corrected chi connectivity index (χ0v) is 17.6. The Morgan fingerprint density at radius 3 is 2.59 bits per heavy atom.